The van der Waals surface area contributed by atoms with E-state index in [1.54, 1.807) is 23.1 Å². The van der Waals surface area contributed by atoms with Crippen LogP contribution in [0.5, 0.6) is 11.5 Å². The van der Waals surface area contributed by atoms with Gasteiger partial charge in [-0.05, 0) is 43.0 Å². The minimum atomic E-state index is -0.617. The van der Waals surface area contributed by atoms with Crippen molar-refractivity contribution in [3.8, 4) is 11.5 Å². The molecule has 9 nitrogen and oxygen atoms in total. The molecule has 0 aliphatic heterocycles. The summed E-state index contributed by atoms with van der Waals surface area (Å²) in [6.45, 7) is 10.5. The number of H-pyrrole nitrogens is 1. The molecular formula is C27H35N5O4. The number of carbonyl (C=O) groups excluding carboxylic acids is 1. The quantitative estimate of drug-likeness (QED) is 0.393. The number of rotatable bonds is 10. The van der Waals surface area contributed by atoms with Gasteiger partial charge >= 0.3 is 5.69 Å². The molecule has 0 bridgehead atoms. The zero-order chi connectivity index (χ0) is 26.4. The van der Waals surface area contributed by atoms with Crippen molar-refractivity contribution in [2.75, 3.05) is 29.0 Å². The van der Waals surface area contributed by atoms with Gasteiger partial charge in [-0.25, -0.2) is 4.79 Å². The molecular weight excluding hydrogens is 458 g/mol. The van der Waals surface area contributed by atoms with Gasteiger partial charge in [-0.1, -0.05) is 57.5 Å². The van der Waals surface area contributed by atoms with Gasteiger partial charge in [0.15, 0.2) is 5.75 Å². The summed E-state index contributed by atoms with van der Waals surface area (Å²) >= 11 is 0. The monoisotopic (exact) mass is 493 g/mol. The summed E-state index contributed by atoms with van der Waals surface area (Å²) in [5, 5.41) is 2.89. The maximum absolute atomic E-state index is 13.1. The molecule has 0 saturated carbocycles. The first kappa shape index (κ1) is 26.6. The summed E-state index contributed by atoms with van der Waals surface area (Å²) in [7, 11) is 0. The number of nitrogen functional groups attached to an aromatic ring is 1. The van der Waals surface area contributed by atoms with E-state index in [1.165, 1.54) is 4.57 Å². The lowest BCUT2D eigenvalue weighted by Crippen LogP contribution is -2.43. The molecule has 3 rings (SSSR count). The van der Waals surface area contributed by atoms with Gasteiger partial charge in [0.1, 0.15) is 17.3 Å². The Morgan fingerprint density at radius 1 is 1.06 bits per heavy atom. The summed E-state index contributed by atoms with van der Waals surface area (Å²) in [5.41, 5.74) is 6.86. The molecule has 0 radical (unpaired) electrons. The SMILES string of the molecule is Cc1ccc(Oc2ccccc2NC(=O)CN(CC(C)C)c2c(N)n(CC(C)C)c(=O)[nH]c2=O)cc1. The van der Waals surface area contributed by atoms with Crippen LogP contribution in [0.3, 0.4) is 0 Å². The molecule has 0 atom stereocenters. The maximum atomic E-state index is 13.1. The van der Waals surface area contributed by atoms with Crippen molar-refractivity contribution in [1.29, 1.82) is 0 Å². The van der Waals surface area contributed by atoms with Crippen molar-refractivity contribution in [2.45, 2.75) is 41.2 Å². The fourth-order valence-corrected chi connectivity index (χ4v) is 3.86. The standard InChI is InChI=1S/C27H35N5O4/c1-17(2)14-31(24-25(28)32(15-18(3)4)27(35)30-26(24)34)16-23(33)29-21-8-6-7-9-22(21)36-20-12-10-19(5)11-13-20/h6-13,17-18H,14-16,28H2,1-5H3,(H,29,33)(H,30,34,35). The van der Waals surface area contributed by atoms with Gasteiger partial charge in [-0.3, -0.25) is 19.1 Å². The summed E-state index contributed by atoms with van der Waals surface area (Å²) in [5.74, 6) is 1.10. The zero-order valence-electron chi connectivity index (χ0n) is 21.5. The van der Waals surface area contributed by atoms with Gasteiger partial charge in [0, 0.05) is 13.1 Å². The fourth-order valence-electron chi connectivity index (χ4n) is 3.86. The summed E-state index contributed by atoms with van der Waals surface area (Å²) in [6.07, 6.45) is 0. The predicted molar refractivity (Wildman–Crippen MR) is 144 cm³/mol. The molecule has 1 aromatic heterocycles. The Hall–Kier alpha value is -4.01. The van der Waals surface area contributed by atoms with Gasteiger partial charge in [0.25, 0.3) is 5.56 Å². The average Bonchev–Trinajstić information content (AvgIpc) is 2.78. The van der Waals surface area contributed by atoms with Crippen LogP contribution in [0, 0.1) is 18.8 Å². The Morgan fingerprint density at radius 2 is 1.72 bits per heavy atom. The third-order valence-corrected chi connectivity index (χ3v) is 5.41. The Morgan fingerprint density at radius 3 is 2.36 bits per heavy atom. The molecule has 1 amide bonds. The van der Waals surface area contributed by atoms with E-state index in [0.717, 1.165) is 5.56 Å². The van der Waals surface area contributed by atoms with Crippen LogP contribution in [0.25, 0.3) is 0 Å². The van der Waals surface area contributed by atoms with E-state index in [1.807, 2.05) is 65.0 Å². The molecule has 1 heterocycles. The van der Waals surface area contributed by atoms with E-state index in [-0.39, 0.29) is 35.8 Å². The number of nitrogens with zero attached hydrogens (tertiary/aromatic N) is 2. The molecule has 36 heavy (non-hydrogen) atoms. The van der Waals surface area contributed by atoms with Crippen LogP contribution >= 0.6 is 0 Å². The largest absolute Gasteiger partial charge is 0.455 e. The molecule has 4 N–H and O–H groups in total. The van der Waals surface area contributed by atoms with E-state index >= 15 is 0 Å². The second-order valence-corrected chi connectivity index (χ2v) is 9.73. The highest BCUT2D eigenvalue weighted by Gasteiger charge is 2.23. The van der Waals surface area contributed by atoms with E-state index in [2.05, 4.69) is 10.3 Å². The molecule has 0 saturated heterocycles. The first-order valence-corrected chi connectivity index (χ1v) is 12.1. The number of anilines is 3. The number of nitrogens with two attached hydrogens (primary N) is 1. The van der Waals surface area contributed by atoms with Gasteiger partial charge in [-0.2, -0.15) is 0 Å². The first-order chi connectivity index (χ1) is 17.0. The van der Waals surface area contributed by atoms with E-state index in [4.69, 9.17) is 10.5 Å². The lowest BCUT2D eigenvalue weighted by molar-refractivity contribution is -0.115. The van der Waals surface area contributed by atoms with Crippen molar-refractivity contribution < 1.29 is 9.53 Å². The number of para-hydroxylation sites is 2. The number of hydrogen-bond acceptors (Lipinski definition) is 6. The number of hydrogen-bond donors (Lipinski definition) is 3. The second-order valence-electron chi connectivity index (χ2n) is 9.73. The minimum absolute atomic E-state index is 0.0500. The van der Waals surface area contributed by atoms with Crippen LogP contribution < -0.4 is 31.9 Å². The van der Waals surface area contributed by atoms with Crippen LogP contribution in [0.4, 0.5) is 17.2 Å². The fraction of sp³-hybridized carbons (Fsp3) is 0.370. The number of aromatic amines is 1. The Bertz CT molecular complexity index is 1310. The van der Waals surface area contributed by atoms with E-state index in [0.29, 0.717) is 30.3 Å². The number of aromatic nitrogens is 2. The second kappa shape index (κ2) is 11.6. The minimum Gasteiger partial charge on any atom is -0.455 e. The van der Waals surface area contributed by atoms with Crippen molar-refractivity contribution in [1.82, 2.24) is 9.55 Å². The van der Waals surface area contributed by atoms with Gasteiger partial charge in [0.05, 0.1) is 12.2 Å². The number of amides is 1. The molecule has 192 valence electrons. The predicted octanol–water partition coefficient (Wildman–Crippen LogP) is 3.98. The highest BCUT2D eigenvalue weighted by molar-refractivity contribution is 5.95. The smallest absolute Gasteiger partial charge is 0.330 e. The number of benzene rings is 2. The summed E-state index contributed by atoms with van der Waals surface area (Å²) in [6, 6.07) is 14.8. The third kappa shape index (κ3) is 6.78. The third-order valence-electron chi connectivity index (χ3n) is 5.41. The van der Waals surface area contributed by atoms with Gasteiger partial charge in [-0.15, -0.1) is 0 Å². The number of carbonyl (C=O) groups is 1. The molecule has 9 heteroatoms. The van der Waals surface area contributed by atoms with Crippen molar-refractivity contribution in [2.24, 2.45) is 11.8 Å². The molecule has 3 aromatic rings. The van der Waals surface area contributed by atoms with Crippen molar-refractivity contribution >= 4 is 23.1 Å². The molecule has 0 unspecified atom stereocenters. The lowest BCUT2D eigenvalue weighted by atomic mass is 10.2. The highest BCUT2D eigenvalue weighted by atomic mass is 16.5. The summed E-state index contributed by atoms with van der Waals surface area (Å²) in [4.78, 5) is 42.3. The van der Waals surface area contributed by atoms with E-state index < -0.39 is 11.2 Å². The number of nitrogens with one attached hydrogen (secondary N) is 2. The average molecular weight is 494 g/mol. The van der Waals surface area contributed by atoms with Crippen LogP contribution in [-0.4, -0.2) is 28.5 Å². The van der Waals surface area contributed by atoms with Crippen molar-refractivity contribution in [3.05, 3.63) is 74.9 Å². The molecule has 0 spiro atoms. The van der Waals surface area contributed by atoms with Gasteiger partial charge < -0.3 is 20.7 Å². The Kier molecular flexibility index (Phi) is 8.58. The van der Waals surface area contributed by atoms with Crippen LogP contribution in [0.15, 0.2) is 58.1 Å². The molecule has 0 fully saturated rings. The summed E-state index contributed by atoms with van der Waals surface area (Å²) < 4.78 is 7.33. The first-order valence-electron chi connectivity index (χ1n) is 12.1. The molecule has 0 aliphatic rings. The van der Waals surface area contributed by atoms with Crippen LogP contribution in [0.2, 0.25) is 0 Å². The molecule has 0 aliphatic carbocycles. The Labute approximate surface area is 210 Å². The normalized spacial score (nSPS) is 11.1. The lowest BCUT2D eigenvalue weighted by Gasteiger charge is -2.27. The van der Waals surface area contributed by atoms with Crippen LogP contribution in [0.1, 0.15) is 33.3 Å². The van der Waals surface area contributed by atoms with Crippen LogP contribution in [-0.2, 0) is 11.3 Å². The number of ether oxygens (including phenoxy) is 1. The van der Waals surface area contributed by atoms with E-state index in [9.17, 15) is 14.4 Å². The molecule has 2 aromatic carbocycles. The zero-order valence-corrected chi connectivity index (χ0v) is 21.5. The highest BCUT2D eigenvalue weighted by Crippen LogP contribution is 2.29. The topological polar surface area (TPSA) is 122 Å². The van der Waals surface area contributed by atoms with Crippen molar-refractivity contribution in [3.63, 3.8) is 0 Å². The van der Waals surface area contributed by atoms with Gasteiger partial charge in [0.2, 0.25) is 5.91 Å². The Balaban J connectivity index is 1.87. The number of aryl methyl sites for hydroxylation is 1. The maximum Gasteiger partial charge on any atom is 0.330 e.